The Labute approximate surface area is 163 Å². The largest absolute Gasteiger partial charge is 0.495 e. The zero-order chi connectivity index (χ0) is 20.9. The number of methoxy groups -OCH3 is 2. The van der Waals surface area contributed by atoms with Crippen LogP contribution in [0.5, 0.6) is 5.75 Å². The van der Waals surface area contributed by atoms with Crippen LogP contribution in [0, 0.1) is 17.0 Å². The zero-order valence-corrected chi connectivity index (χ0v) is 16.9. The molecule has 0 amide bonds. The molecule has 10 heteroatoms. The number of aryl methyl sites for hydroxylation is 1. The number of sulfonamides is 1. The van der Waals surface area contributed by atoms with E-state index < -0.39 is 21.0 Å². The Balaban J connectivity index is 2.41. The Morgan fingerprint density at radius 1 is 1.14 bits per heavy atom. The number of benzene rings is 2. The maximum Gasteiger partial charge on any atom is 0.294 e. The van der Waals surface area contributed by atoms with Crippen LogP contribution in [0.1, 0.15) is 12.5 Å². The van der Waals surface area contributed by atoms with Crippen LogP contribution in [0.15, 0.2) is 41.3 Å². The summed E-state index contributed by atoms with van der Waals surface area (Å²) in [4.78, 5) is 10.7. The van der Waals surface area contributed by atoms with Crippen molar-refractivity contribution in [3.63, 3.8) is 0 Å². The number of nitro groups is 1. The fraction of sp³-hybridized carbons (Fsp3) is 0.333. The SMILES string of the molecule is COC[C@H](C)NS(=O)(=O)c1ccc(Nc2cc(C)ccc2OC)c([N+](=O)[O-])c1. The lowest BCUT2D eigenvalue weighted by molar-refractivity contribution is -0.384. The van der Waals surface area contributed by atoms with Gasteiger partial charge >= 0.3 is 0 Å². The molecule has 0 bridgehead atoms. The molecular weight excluding hydrogens is 386 g/mol. The number of nitrogens with zero attached hydrogens (tertiary/aromatic N) is 1. The highest BCUT2D eigenvalue weighted by Gasteiger charge is 2.23. The highest BCUT2D eigenvalue weighted by Crippen LogP contribution is 2.34. The second kappa shape index (κ2) is 9.00. The molecule has 0 radical (unpaired) electrons. The van der Waals surface area contributed by atoms with Crippen LogP contribution in [-0.4, -0.2) is 40.2 Å². The van der Waals surface area contributed by atoms with Gasteiger partial charge in [0.05, 0.1) is 29.2 Å². The van der Waals surface area contributed by atoms with Crippen LogP contribution in [0.3, 0.4) is 0 Å². The van der Waals surface area contributed by atoms with Gasteiger partial charge in [0.25, 0.3) is 5.69 Å². The van der Waals surface area contributed by atoms with E-state index in [0.29, 0.717) is 11.4 Å². The molecule has 0 aliphatic rings. The van der Waals surface area contributed by atoms with Crippen molar-refractivity contribution in [3.8, 4) is 5.75 Å². The molecule has 0 heterocycles. The average molecular weight is 409 g/mol. The van der Waals surface area contributed by atoms with E-state index in [4.69, 9.17) is 9.47 Å². The molecule has 1 atom stereocenters. The maximum absolute atomic E-state index is 12.5. The number of nitrogens with one attached hydrogen (secondary N) is 2. The van der Waals surface area contributed by atoms with Gasteiger partial charge in [-0.2, -0.15) is 0 Å². The van der Waals surface area contributed by atoms with Gasteiger partial charge in [0, 0.05) is 19.2 Å². The summed E-state index contributed by atoms with van der Waals surface area (Å²) in [6.45, 7) is 3.69. The van der Waals surface area contributed by atoms with Gasteiger partial charge in [0.1, 0.15) is 11.4 Å². The van der Waals surface area contributed by atoms with Gasteiger partial charge in [-0.1, -0.05) is 6.07 Å². The molecule has 2 aromatic carbocycles. The van der Waals surface area contributed by atoms with Crippen molar-refractivity contribution in [1.29, 1.82) is 0 Å². The first-order valence-corrected chi connectivity index (χ1v) is 9.87. The van der Waals surface area contributed by atoms with E-state index in [0.717, 1.165) is 11.6 Å². The minimum Gasteiger partial charge on any atom is -0.495 e. The molecule has 2 N–H and O–H groups in total. The third kappa shape index (κ3) is 5.18. The number of rotatable bonds is 9. The topological polar surface area (TPSA) is 120 Å². The summed E-state index contributed by atoms with van der Waals surface area (Å²) >= 11 is 0. The first-order chi connectivity index (χ1) is 13.2. The number of nitro benzene ring substituents is 1. The summed E-state index contributed by atoms with van der Waals surface area (Å²) in [6.07, 6.45) is 0. The molecule has 9 nitrogen and oxygen atoms in total. The molecule has 0 unspecified atom stereocenters. The van der Waals surface area contributed by atoms with Crippen molar-refractivity contribution in [2.45, 2.75) is 24.8 Å². The lowest BCUT2D eigenvalue weighted by atomic mass is 10.2. The first kappa shape index (κ1) is 21.6. The molecule has 2 rings (SSSR count). The van der Waals surface area contributed by atoms with E-state index in [2.05, 4.69) is 10.0 Å². The van der Waals surface area contributed by atoms with Crippen molar-refractivity contribution in [2.75, 3.05) is 26.1 Å². The zero-order valence-electron chi connectivity index (χ0n) is 16.1. The Bertz CT molecular complexity index is 962. The minimum absolute atomic E-state index is 0.151. The van der Waals surface area contributed by atoms with E-state index in [1.165, 1.54) is 26.4 Å². The van der Waals surface area contributed by atoms with Gasteiger partial charge in [0.2, 0.25) is 10.0 Å². The maximum atomic E-state index is 12.5. The van der Waals surface area contributed by atoms with Gasteiger partial charge in [0.15, 0.2) is 0 Å². The van der Waals surface area contributed by atoms with Crippen LogP contribution in [-0.2, 0) is 14.8 Å². The van der Waals surface area contributed by atoms with Crippen molar-refractivity contribution in [3.05, 3.63) is 52.1 Å². The Morgan fingerprint density at radius 3 is 2.46 bits per heavy atom. The summed E-state index contributed by atoms with van der Waals surface area (Å²) in [5.41, 5.74) is 1.25. The van der Waals surface area contributed by atoms with Crippen LogP contribution < -0.4 is 14.8 Å². The molecule has 28 heavy (non-hydrogen) atoms. The second-order valence-corrected chi connectivity index (χ2v) is 7.96. The lowest BCUT2D eigenvalue weighted by Crippen LogP contribution is -2.35. The molecule has 0 aromatic heterocycles. The van der Waals surface area contributed by atoms with Crippen molar-refractivity contribution in [1.82, 2.24) is 4.72 Å². The predicted molar refractivity (Wildman–Crippen MR) is 106 cm³/mol. The Morgan fingerprint density at radius 2 is 1.86 bits per heavy atom. The normalized spacial score (nSPS) is 12.4. The van der Waals surface area contributed by atoms with E-state index in [1.807, 2.05) is 13.0 Å². The van der Waals surface area contributed by atoms with Crippen molar-refractivity contribution < 1.29 is 22.8 Å². The summed E-state index contributed by atoms with van der Waals surface area (Å²) in [5.74, 6) is 0.506. The van der Waals surface area contributed by atoms with Gasteiger partial charge in [-0.15, -0.1) is 0 Å². The smallest absolute Gasteiger partial charge is 0.294 e. The Hall–Kier alpha value is -2.69. The fourth-order valence-corrected chi connectivity index (χ4v) is 3.86. The van der Waals surface area contributed by atoms with E-state index in [1.54, 1.807) is 19.1 Å². The standard InChI is InChI=1S/C18H23N3O6S/c1-12-5-8-18(27-4)16(9-12)19-15-7-6-14(10-17(15)21(22)23)28(24,25)20-13(2)11-26-3/h5-10,13,19-20H,11H2,1-4H3/t13-/m0/s1. The second-order valence-electron chi connectivity index (χ2n) is 6.24. The van der Waals surface area contributed by atoms with Crippen LogP contribution >= 0.6 is 0 Å². The van der Waals surface area contributed by atoms with E-state index in [-0.39, 0.29) is 22.9 Å². The molecule has 2 aromatic rings. The average Bonchev–Trinajstić information content (AvgIpc) is 2.61. The molecule has 152 valence electrons. The van der Waals surface area contributed by atoms with E-state index in [9.17, 15) is 18.5 Å². The van der Waals surface area contributed by atoms with Gasteiger partial charge < -0.3 is 14.8 Å². The van der Waals surface area contributed by atoms with Gasteiger partial charge in [-0.3, -0.25) is 10.1 Å². The molecular formula is C18H23N3O6S. The number of ether oxygens (including phenoxy) is 2. The monoisotopic (exact) mass is 409 g/mol. The van der Waals surface area contributed by atoms with Gasteiger partial charge in [-0.05, 0) is 43.7 Å². The molecule has 0 fully saturated rings. The van der Waals surface area contributed by atoms with Gasteiger partial charge in [-0.25, -0.2) is 13.1 Å². The predicted octanol–water partition coefficient (Wildman–Crippen LogP) is 2.97. The van der Waals surface area contributed by atoms with Crippen LogP contribution in [0.4, 0.5) is 17.1 Å². The molecule has 0 saturated carbocycles. The number of hydrogen-bond donors (Lipinski definition) is 2. The Kier molecular flexibility index (Phi) is 6.95. The molecule has 0 saturated heterocycles. The van der Waals surface area contributed by atoms with Crippen molar-refractivity contribution in [2.24, 2.45) is 0 Å². The lowest BCUT2D eigenvalue weighted by Gasteiger charge is -2.15. The fourth-order valence-electron chi connectivity index (χ4n) is 2.62. The first-order valence-electron chi connectivity index (χ1n) is 8.39. The third-order valence-corrected chi connectivity index (χ3v) is 5.46. The highest BCUT2D eigenvalue weighted by atomic mass is 32.2. The van der Waals surface area contributed by atoms with Crippen LogP contribution in [0.2, 0.25) is 0 Å². The van der Waals surface area contributed by atoms with Crippen LogP contribution in [0.25, 0.3) is 0 Å². The molecule has 0 spiro atoms. The summed E-state index contributed by atoms with van der Waals surface area (Å²) in [5, 5.41) is 14.5. The molecule has 0 aliphatic heterocycles. The van der Waals surface area contributed by atoms with E-state index >= 15 is 0 Å². The number of hydrogen-bond acceptors (Lipinski definition) is 7. The summed E-state index contributed by atoms with van der Waals surface area (Å²) < 4.78 is 37.5. The quantitative estimate of drug-likeness (QED) is 0.482. The third-order valence-electron chi connectivity index (χ3n) is 3.87. The van der Waals surface area contributed by atoms with Crippen molar-refractivity contribution >= 4 is 27.1 Å². The summed E-state index contributed by atoms with van der Waals surface area (Å²) in [7, 11) is -0.987. The molecule has 0 aliphatic carbocycles. The summed E-state index contributed by atoms with van der Waals surface area (Å²) in [6, 6.07) is 8.57. The minimum atomic E-state index is -3.93. The number of anilines is 2. The highest BCUT2D eigenvalue weighted by molar-refractivity contribution is 7.89.